The van der Waals surface area contributed by atoms with Gasteiger partial charge in [-0.1, -0.05) is 41.9 Å². The summed E-state index contributed by atoms with van der Waals surface area (Å²) in [5.41, 5.74) is 4.82. The number of aliphatic hydroxyl groups excluding tert-OH is 1. The fraction of sp³-hybridized carbons (Fsp3) is 0.250. The highest BCUT2D eigenvalue weighted by molar-refractivity contribution is 7.90. The molecule has 8 heteroatoms. The van der Waals surface area contributed by atoms with Crippen LogP contribution >= 0.6 is 11.6 Å². The number of halogens is 1. The van der Waals surface area contributed by atoms with Gasteiger partial charge in [-0.25, -0.2) is 13.4 Å². The van der Waals surface area contributed by atoms with Crippen LogP contribution in [0.1, 0.15) is 36.2 Å². The Labute approximate surface area is 216 Å². The van der Waals surface area contributed by atoms with E-state index in [0.29, 0.717) is 22.1 Å². The highest BCUT2D eigenvalue weighted by atomic mass is 35.5. The standard InChI is InChI=1S/C28H29ClN2O4S/c1-17-7-6-8-22(29)26(17)27-30-25(28(3,4)33)15-31(27)23-12-11-19(13-18(23)2)20-9-10-21(16-32)24(14-20)36(5,34)35/h6-15,32-33H,16H2,1-5H3. The molecule has 0 spiro atoms. The van der Waals surface area contributed by atoms with Gasteiger partial charge in [0.1, 0.15) is 11.4 Å². The van der Waals surface area contributed by atoms with Crippen molar-refractivity contribution in [1.82, 2.24) is 9.55 Å². The Balaban J connectivity index is 1.88. The summed E-state index contributed by atoms with van der Waals surface area (Å²) in [4.78, 5) is 4.88. The van der Waals surface area contributed by atoms with E-state index < -0.39 is 15.4 Å². The molecule has 0 amide bonds. The van der Waals surface area contributed by atoms with Gasteiger partial charge in [0.25, 0.3) is 0 Å². The zero-order chi connectivity index (χ0) is 26.4. The first kappa shape index (κ1) is 26.1. The van der Waals surface area contributed by atoms with Crippen molar-refractivity contribution in [2.24, 2.45) is 0 Å². The van der Waals surface area contributed by atoms with Crippen molar-refractivity contribution in [3.8, 4) is 28.2 Å². The first-order valence-corrected chi connectivity index (χ1v) is 13.7. The lowest BCUT2D eigenvalue weighted by atomic mass is 10.0. The van der Waals surface area contributed by atoms with Crippen LogP contribution in [0.5, 0.6) is 0 Å². The van der Waals surface area contributed by atoms with Crippen LogP contribution in [0.2, 0.25) is 5.02 Å². The highest BCUT2D eigenvalue weighted by Gasteiger charge is 2.25. The second-order valence-corrected chi connectivity index (χ2v) is 12.0. The van der Waals surface area contributed by atoms with Crippen molar-refractivity contribution in [1.29, 1.82) is 0 Å². The van der Waals surface area contributed by atoms with Crippen LogP contribution in [0.4, 0.5) is 0 Å². The number of nitrogens with zero attached hydrogens (tertiary/aromatic N) is 2. The third-order valence-corrected chi connectivity index (χ3v) is 7.70. The van der Waals surface area contributed by atoms with Crippen molar-refractivity contribution in [3.05, 3.63) is 88.2 Å². The summed E-state index contributed by atoms with van der Waals surface area (Å²) in [5.74, 6) is 0.623. The molecule has 2 N–H and O–H groups in total. The van der Waals surface area contributed by atoms with Gasteiger partial charge in [-0.05, 0) is 79.8 Å². The van der Waals surface area contributed by atoms with E-state index in [4.69, 9.17) is 16.6 Å². The van der Waals surface area contributed by atoms with Crippen molar-refractivity contribution in [2.75, 3.05) is 6.26 Å². The maximum atomic E-state index is 12.3. The van der Waals surface area contributed by atoms with Crippen LogP contribution in [0, 0.1) is 13.8 Å². The van der Waals surface area contributed by atoms with Gasteiger partial charge in [0.15, 0.2) is 9.84 Å². The Morgan fingerprint density at radius 2 is 1.67 bits per heavy atom. The van der Waals surface area contributed by atoms with Crippen LogP contribution in [0.3, 0.4) is 0 Å². The summed E-state index contributed by atoms with van der Waals surface area (Å²) >= 11 is 6.59. The molecule has 188 valence electrons. The Bertz CT molecular complexity index is 1550. The quantitative estimate of drug-likeness (QED) is 0.342. The van der Waals surface area contributed by atoms with Gasteiger partial charge in [0, 0.05) is 18.0 Å². The molecule has 0 bridgehead atoms. The first-order chi connectivity index (χ1) is 16.8. The average Bonchev–Trinajstić information content (AvgIpc) is 3.23. The minimum absolute atomic E-state index is 0.116. The van der Waals surface area contributed by atoms with E-state index >= 15 is 0 Å². The monoisotopic (exact) mass is 524 g/mol. The molecule has 0 atom stereocenters. The summed E-state index contributed by atoms with van der Waals surface area (Å²) in [7, 11) is -3.50. The molecule has 0 aliphatic rings. The number of rotatable bonds is 6. The molecule has 0 saturated carbocycles. The van der Waals surface area contributed by atoms with Crippen molar-refractivity contribution in [3.63, 3.8) is 0 Å². The predicted molar refractivity (Wildman–Crippen MR) is 143 cm³/mol. The van der Waals surface area contributed by atoms with Crippen LogP contribution < -0.4 is 0 Å². The fourth-order valence-corrected chi connectivity index (χ4v) is 5.52. The molecular formula is C28H29ClN2O4S. The zero-order valence-electron chi connectivity index (χ0n) is 20.9. The van der Waals surface area contributed by atoms with Gasteiger partial charge in [-0.3, -0.25) is 4.57 Å². The van der Waals surface area contributed by atoms with E-state index in [1.807, 2.05) is 61.0 Å². The molecular weight excluding hydrogens is 496 g/mol. The first-order valence-electron chi connectivity index (χ1n) is 11.4. The topological polar surface area (TPSA) is 92.4 Å². The normalized spacial score (nSPS) is 12.2. The van der Waals surface area contributed by atoms with Crippen molar-refractivity contribution in [2.45, 2.75) is 44.8 Å². The smallest absolute Gasteiger partial charge is 0.175 e. The maximum absolute atomic E-state index is 12.3. The third kappa shape index (κ3) is 4.97. The molecule has 4 aromatic rings. The number of aromatic nitrogens is 2. The van der Waals surface area contributed by atoms with E-state index in [0.717, 1.165) is 39.8 Å². The third-order valence-electron chi connectivity index (χ3n) is 6.20. The largest absolute Gasteiger partial charge is 0.392 e. The van der Waals surface area contributed by atoms with E-state index in [9.17, 15) is 18.6 Å². The molecule has 0 saturated heterocycles. The Morgan fingerprint density at radius 1 is 1.00 bits per heavy atom. The summed E-state index contributed by atoms with van der Waals surface area (Å²) in [5, 5.41) is 20.8. The summed E-state index contributed by atoms with van der Waals surface area (Å²) in [6, 6.07) is 16.5. The number of imidazole rings is 1. The minimum Gasteiger partial charge on any atom is -0.392 e. The van der Waals surface area contributed by atoms with Crippen LogP contribution in [0.15, 0.2) is 65.7 Å². The zero-order valence-corrected chi connectivity index (χ0v) is 22.4. The summed E-state index contributed by atoms with van der Waals surface area (Å²) in [6.45, 7) is 6.96. The molecule has 4 rings (SSSR count). The molecule has 6 nitrogen and oxygen atoms in total. The van der Waals surface area contributed by atoms with E-state index in [-0.39, 0.29) is 11.5 Å². The number of hydrogen-bond donors (Lipinski definition) is 2. The second kappa shape index (κ2) is 9.48. The molecule has 1 heterocycles. The number of aryl methyl sites for hydroxylation is 2. The van der Waals surface area contributed by atoms with E-state index in [2.05, 4.69) is 0 Å². The maximum Gasteiger partial charge on any atom is 0.175 e. The van der Waals surface area contributed by atoms with Crippen LogP contribution in [0.25, 0.3) is 28.2 Å². The summed E-state index contributed by atoms with van der Waals surface area (Å²) in [6.07, 6.45) is 2.95. The molecule has 0 unspecified atom stereocenters. The lowest BCUT2D eigenvalue weighted by molar-refractivity contribution is 0.0743. The lowest BCUT2D eigenvalue weighted by Gasteiger charge is -2.15. The minimum atomic E-state index is -3.50. The van der Waals surface area contributed by atoms with E-state index in [1.54, 1.807) is 32.0 Å². The summed E-state index contributed by atoms with van der Waals surface area (Å²) < 4.78 is 26.4. The predicted octanol–water partition coefficient (Wildman–Crippen LogP) is 5.60. The average molecular weight is 525 g/mol. The Hall–Kier alpha value is -2.97. The molecule has 0 radical (unpaired) electrons. The number of benzene rings is 3. The van der Waals surface area contributed by atoms with Gasteiger partial charge in [-0.2, -0.15) is 0 Å². The molecule has 0 fully saturated rings. The highest BCUT2D eigenvalue weighted by Crippen LogP contribution is 2.36. The molecule has 0 aliphatic carbocycles. The molecule has 36 heavy (non-hydrogen) atoms. The van der Waals surface area contributed by atoms with Crippen molar-refractivity contribution >= 4 is 21.4 Å². The second-order valence-electron chi connectivity index (χ2n) is 9.56. The van der Waals surface area contributed by atoms with Gasteiger partial charge in [-0.15, -0.1) is 0 Å². The molecule has 0 aliphatic heterocycles. The lowest BCUT2D eigenvalue weighted by Crippen LogP contribution is -2.15. The number of hydrogen-bond acceptors (Lipinski definition) is 5. The van der Waals surface area contributed by atoms with Gasteiger partial charge in [0.05, 0.1) is 27.9 Å². The van der Waals surface area contributed by atoms with Gasteiger partial charge >= 0.3 is 0 Å². The van der Waals surface area contributed by atoms with Crippen molar-refractivity contribution < 1.29 is 18.6 Å². The Kier molecular flexibility index (Phi) is 6.88. The molecule has 3 aromatic carbocycles. The fourth-order valence-electron chi connectivity index (χ4n) is 4.27. The van der Waals surface area contributed by atoms with Crippen LogP contribution in [-0.2, 0) is 22.0 Å². The van der Waals surface area contributed by atoms with Gasteiger partial charge < -0.3 is 10.2 Å². The van der Waals surface area contributed by atoms with Crippen LogP contribution in [-0.4, -0.2) is 34.4 Å². The number of aliphatic hydroxyl groups is 2. The molecule has 1 aromatic heterocycles. The van der Waals surface area contributed by atoms with Gasteiger partial charge in [0.2, 0.25) is 0 Å². The number of sulfone groups is 1. The Morgan fingerprint density at radius 3 is 2.25 bits per heavy atom. The van der Waals surface area contributed by atoms with E-state index in [1.165, 1.54) is 0 Å². The SMILES string of the molecule is Cc1cc(-c2ccc(CO)c(S(C)(=O)=O)c2)ccc1-n1cc(C(C)(C)O)nc1-c1c(C)cccc1Cl.